The molecule has 0 radical (unpaired) electrons. The molecule has 0 heterocycles. The number of benzene rings is 1. The minimum Gasteiger partial charge on any atom is -0.303 e. The molecule has 1 rings (SSSR count). The van der Waals surface area contributed by atoms with Crippen LogP contribution in [-0.4, -0.2) is 6.29 Å². The summed E-state index contributed by atoms with van der Waals surface area (Å²) in [7, 11) is 0. The standard InChI is InChI=1S/C13H15NO/c1-11(2)13(10-14,8-9-15)12-6-4-3-5-7-12/h3-7,9,11H,8H2,1-2H3/t13-/m0/s1. The van der Waals surface area contributed by atoms with Gasteiger partial charge in [-0.2, -0.15) is 5.26 Å². The molecule has 0 amide bonds. The van der Waals surface area contributed by atoms with Gasteiger partial charge in [0.1, 0.15) is 6.29 Å². The van der Waals surface area contributed by atoms with Crippen LogP contribution < -0.4 is 0 Å². The zero-order chi connectivity index (χ0) is 11.3. The van der Waals surface area contributed by atoms with Crippen molar-refractivity contribution < 1.29 is 4.79 Å². The number of carbonyl (C=O) groups excluding carboxylic acids is 1. The van der Waals surface area contributed by atoms with Gasteiger partial charge in [0.2, 0.25) is 0 Å². The van der Waals surface area contributed by atoms with Crippen molar-refractivity contribution in [1.29, 1.82) is 5.26 Å². The molecule has 1 aromatic rings. The second-order valence-corrected chi connectivity index (χ2v) is 3.97. The van der Waals surface area contributed by atoms with E-state index in [2.05, 4.69) is 6.07 Å². The fourth-order valence-corrected chi connectivity index (χ4v) is 1.79. The molecule has 0 saturated heterocycles. The van der Waals surface area contributed by atoms with Crippen LogP contribution in [0.2, 0.25) is 0 Å². The van der Waals surface area contributed by atoms with Crippen LogP contribution in [0.5, 0.6) is 0 Å². The van der Waals surface area contributed by atoms with Crippen LogP contribution in [0.25, 0.3) is 0 Å². The first-order chi connectivity index (χ1) is 7.17. The average Bonchev–Trinajstić information content (AvgIpc) is 2.26. The minimum atomic E-state index is -0.678. The van der Waals surface area contributed by atoms with Crippen molar-refractivity contribution in [3.8, 4) is 6.07 Å². The summed E-state index contributed by atoms with van der Waals surface area (Å²) >= 11 is 0. The fourth-order valence-electron chi connectivity index (χ4n) is 1.79. The van der Waals surface area contributed by atoms with E-state index < -0.39 is 5.41 Å². The molecule has 0 spiro atoms. The lowest BCUT2D eigenvalue weighted by molar-refractivity contribution is -0.108. The van der Waals surface area contributed by atoms with E-state index >= 15 is 0 Å². The Balaban J connectivity index is 3.23. The zero-order valence-electron chi connectivity index (χ0n) is 9.10. The second kappa shape index (κ2) is 4.75. The Morgan fingerprint density at radius 2 is 2.00 bits per heavy atom. The maximum Gasteiger partial charge on any atom is 0.121 e. The van der Waals surface area contributed by atoms with Gasteiger partial charge < -0.3 is 4.79 Å². The van der Waals surface area contributed by atoms with E-state index in [4.69, 9.17) is 0 Å². The highest BCUT2D eigenvalue weighted by atomic mass is 16.1. The maximum atomic E-state index is 10.7. The van der Waals surface area contributed by atoms with Gasteiger partial charge in [0.15, 0.2) is 0 Å². The maximum absolute atomic E-state index is 10.7. The van der Waals surface area contributed by atoms with Crippen LogP contribution in [0, 0.1) is 17.2 Å². The number of hydrogen-bond acceptors (Lipinski definition) is 2. The van der Waals surface area contributed by atoms with E-state index in [1.54, 1.807) is 0 Å². The Hall–Kier alpha value is -1.62. The third-order valence-corrected chi connectivity index (χ3v) is 2.88. The lowest BCUT2D eigenvalue weighted by atomic mass is 9.71. The van der Waals surface area contributed by atoms with Crippen LogP contribution in [0.4, 0.5) is 0 Å². The summed E-state index contributed by atoms with van der Waals surface area (Å²) in [5.74, 6) is 0.120. The van der Waals surface area contributed by atoms with Crippen LogP contribution in [0.3, 0.4) is 0 Å². The molecule has 0 aliphatic carbocycles. The molecule has 0 unspecified atom stereocenters. The highest BCUT2D eigenvalue weighted by Gasteiger charge is 2.35. The van der Waals surface area contributed by atoms with Gasteiger partial charge in [-0.15, -0.1) is 0 Å². The summed E-state index contributed by atoms with van der Waals surface area (Å²) in [5.41, 5.74) is 0.248. The Morgan fingerprint density at radius 3 is 2.40 bits per heavy atom. The second-order valence-electron chi connectivity index (χ2n) is 3.97. The largest absolute Gasteiger partial charge is 0.303 e. The van der Waals surface area contributed by atoms with Gasteiger partial charge in [0.05, 0.1) is 11.5 Å². The van der Waals surface area contributed by atoms with E-state index in [-0.39, 0.29) is 12.3 Å². The lowest BCUT2D eigenvalue weighted by Gasteiger charge is -2.29. The average molecular weight is 201 g/mol. The summed E-state index contributed by atoms with van der Waals surface area (Å²) < 4.78 is 0. The highest BCUT2D eigenvalue weighted by molar-refractivity contribution is 5.56. The first kappa shape index (κ1) is 11.5. The van der Waals surface area contributed by atoms with Crippen LogP contribution in [-0.2, 0) is 10.2 Å². The highest BCUT2D eigenvalue weighted by Crippen LogP contribution is 2.34. The molecule has 1 aromatic carbocycles. The monoisotopic (exact) mass is 201 g/mol. The number of nitriles is 1. The van der Waals surface area contributed by atoms with Crippen LogP contribution in [0.1, 0.15) is 25.8 Å². The molecule has 0 aliphatic rings. The third-order valence-electron chi connectivity index (χ3n) is 2.88. The Morgan fingerprint density at radius 1 is 1.40 bits per heavy atom. The normalized spacial score (nSPS) is 14.3. The molecule has 15 heavy (non-hydrogen) atoms. The van der Waals surface area contributed by atoms with Crippen molar-refractivity contribution in [2.75, 3.05) is 0 Å². The van der Waals surface area contributed by atoms with Crippen molar-refractivity contribution in [3.05, 3.63) is 35.9 Å². The van der Waals surface area contributed by atoms with Gasteiger partial charge in [0.25, 0.3) is 0 Å². The first-order valence-electron chi connectivity index (χ1n) is 5.08. The number of hydrogen-bond donors (Lipinski definition) is 0. The van der Waals surface area contributed by atoms with Gasteiger partial charge in [-0.3, -0.25) is 0 Å². The molecule has 0 aliphatic heterocycles. The number of nitrogens with zero attached hydrogens (tertiary/aromatic N) is 1. The molecule has 0 saturated carbocycles. The van der Waals surface area contributed by atoms with E-state index in [1.165, 1.54) is 0 Å². The summed E-state index contributed by atoms with van der Waals surface area (Å²) in [6.07, 6.45) is 1.08. The van der Waals surface area contributed by atoms with E-state index in [9.17, 15) is 10.1 Å². The number of carbonyl (C=O) groups is 1. The molecule has 0 bridgehead atoms. The summed E-state index contributed by atoms with van der Waals surface area (Å²) in [4.78, 5) is 10.7. The van der Waals surface area contributed by atoms with E-state index in [0.717, 1.165) is 11.8 Å². The molecule has 1 atom stereocenters. The van der Waals surface area contributed by atoms with E-state index in [1.807, 2.05) is 44.2 Å². The number of aldehydes is 1. The Kier molecular flexibility index (Phi) is 3.62. The lowest BCUT2D eigenvalue weighted by Crippen LogP contribution is -2.31. The van der Waals surface area contributed by atoms with Gasteiger partial charge >= 0.3 is 0 Å². The number of rotatable bonds is 4. The topological polar surface area (TPSA) is 40.9 Å². The smallest absolute Gasteiger partial charge is 0.121 e. The third kappa shape index (κ3) is 2.07. The molecule has 0 N–H and O–H groups in total. The molecule has 78 valence electrons. The molecule has 2 nitrogen and oxygen atoms in total. The predicted molar refractivity (Wildman–Crippen MR) is 59.3 cm³/mol. The van der Waals surface area contributed by atoms with E-state index in [0.29, 0.717) is 0 Å². The first-order valence-corrected chi connectivity index (χ1v) is 5.08. The molecule has 0 aromatic heterocycles. The SMILES string of the molecule is CC(C)[C@@](C#N)(CC=O)c1ccccc1. The Labute approximate surface area is 90.5 Å². The minimum absolute atomic E-state index is 0.120. The quantitative estimate of drug-likeness (QED) is 0.703. The molecular formula is C13H15NO. The molecule has 0 fully saturated rings. The molecular weight excluding hydrogens is 186 g/mol. The summed E-state index contributed by atoms with van der Waals surface area (Å²) in [6.45, 7) is 3.94. The summed E-state index contributed by atoms with van der Waals surface area (Å²) in [6, 6.07) is 11.8. The van der Waals surface area contributed by atoms with Gasteiger partial charge in [-0.25, -0.2) is 0 Å². The van der Waals surface area contributed by atoms with Crippen LogP contribution >= 0.6 is 0 Å². The van der Waals surface area contributed by atoms with Crippen molar-refractivity contribution in [1.82, 2.24) is 0 Å². The predicted octanol–water partition coefficient (Wildman–Crippen LogP) is 2.69. The van der Waals surface area contributed by atoms with Gasteiger partial charge in [-0.1, -0.05) is 44.2 Å². The van der Waals surface area contributed by atoms with Crippen molar-refractivity contribution in [2.24, 2.45) is 5.92 Å². The summed E-state index contributed by atoms with van der Waals surface area (Å²) in [5, 5.41) is 9.32. The Bertz CT molecular complexity index is 364. The molecule has 2 heteroatoms. The fraction of sp³-hybridized carbons (Fsp3) is 0.385. The zero-order valence-corrected chi connectivity index (χ0v) is 9.10. The van der Waals surface area contributed by atoms with Crippen molar-refractivity contribution >= 4 is 6.29 Å². The van der Waals surface area contributed by atoms with Gasteiger partial charge in [-0.05, 0) is 11.5 Å². The van der Waals surface area contributed by atoms with Crippen molar-refractivity contribution in [2.45, 2.75) is 25.7 Å². The van der Waals surface area contributed by atoms with Crippen LogP contribution in [0.15, 0.2) is 30.3 Å². The van der Waals surface area contributed by atoms with Gasteiger partial charge in [0, 0.05) is 6.42 Å². The van der Waals surface area contributed by atoms with Crippen molar-refractivity contribution in [3.63, 3.8) is 0 Å².